The van der Waals surface area contributed by atoms with Crippen molar-refractivity contribution in [2.75, 3.05) is 4.90 Å². The standard InChI is InChI=1S/C22H15ClN2O3S/c1-11-3-5-13(6-4-11)18-17-19(26)15-9-14(23)7-8-16(15)28-20(17)21(27)25(18)22-24-12(2)10-29-22/h3-10,18H,1-2H3/t18-/m0/s1. The summed E-state index contributed by atoms with van der Waals surface area (Å²) in [6, 6.07) is 12.0. The molecule has 0 spiro atoms. The zero-order valence-corrected chi connectivity index (χ0v) is 17.2. The third kappa shape index (κ3) is 2.79. The van der Waals surface area contributed by atoms with Crippen molar-refractivity contribution in [3.63, 3.8) is 0 Å². The second-order valence-corrected chi connectivity index (χ2v) is 8.35. The minimum atomic E-state index is -0.608. The van der Waals surface area contributed by atoms with E-state index in [2.05, 4.69) is 4.98 Å². The van der Waals surface area contributed by atoms with Crippen LogP contribution >= 0.6 is 22.9 Å². The molecule has 3 heterocycles. The molecular weight excluding hydrogens is 408 g/mol. The molecular formula is C22H15ClN2O3S. The number of benzene rings is 2. The molecule has 144 valence electrons. The predicted octanol–water partition coefficient (Wildman–Crippen LogP) is 5.27. The van der Waals surface area contributed by atoms with E-state index in [0.29, 0.717) is 26.7 Å². The lowest BCUT2D eigenvalue weighted by Crippen LogP contribution is -2.29. The second-order valence-electron chi connectivity index (χ2n) is 7.07. The van der Waals surface area contributed by atoms with E-state index in [-0.39, 0.29) is 17.1 Å². The van der Waals surface area contributed by atoms with Gasteiger partial charge in [-0.15, -0.1) is 11.3 Å². The van der Waals surface area contributed by atoms with Crippen molar-refractivity contribution >= 4 is 44.9 Å². The lowest BCUT2D eigenvalue weighted by molar-refractivity contribution is 0.0971. The van der Waals surface area contributed by atoms with Gasteiger partial charge in [-0.3, -0.25) is 14.5 Å². The number of halogens is 1. The molecule has 4 aromatic rings. The van der Waals surface area contributed by atoms with Crippen LogP contribution in [0.3, 0.4) is 0 Å². The topological polar surface area (TPSA) is 63.4 Å². The fraction of sp³-hybridized carbons (Fsp3) is 0.136. The molecule has 5 rings (SSSR count). The summed E-state index contributed by atoms with van der Waals surface area (Å²) in [5, 5.41) is 3.21. The Morgan fingerprint density at radius 3 is 2.55 bits per heavy atom. The molecule has 0 aliphatic carbocycles. The van der Waals surface area contributed by atoms with E-state index >= 15 is 0 Å². The van der Waals surface area contributed by atoms with Crippen molar-refractivity contribution in [2.24, 2.45) is 0 Å². The van der Waals surface area contributed by atoms with Crippen molar-refractivity contribution in [1.29, 1.82) is 0 Å². The quantitative estimate of drug-likeness (QED) is 0.441. The van der Waals surface area contributed by atoms with E-state index in [1.54, 1.807) is 23.1 Å². The number of hydrogen-bond donors (Lipinski definition) is 0. The van der Waals surface area contributed by atoms with Gasteiger partial charge in [-0.1, -0.05) is 41.4 Å². The highest BCUT2D eigenvalue weighted by Crippen LogP contribution is 2.42. The van der Waals surface area contributed by atoms with Gasteiger partial charge < -0.3 is 4.42 Å². The molecule has 1 aliphatic heterocycles. The summed E-state index contributed by atoms with van der Waals surface area (Å²) >= 11 is 7.47. The summed E-state index contributed by atoms with van der Waals surface area (Å²) in [5.41, 5.74) is 3.13. The highest BCUT2D eigenvalue weighted by atomic mass is 35.5. The van der Waals surface area contributed by atoms with Crippen LogP contribution in [-0.2, 0) is 0 Å². The van der Waals surface area contributed by atoms with Crippen LogP contribution in [0, 0.1) is 13.8 Å². The van der Waals surface area contributed by atoms with Crippen LogP contribution in [0.2, 0.25) is 5.02 Å². The number of nitrogens with zero attached hydrogens (tertiary/aromatic N) is 2. The number of carbonyl (C=O) groups excluding carboxylic acids is 1. The molecule has 29 heavy (non-hydrogen) atoms. The number of aryl methyl sites for hydroxylation is 2. The van der Waals surface area contributed by atoms with Crippen LogP contribution in [0.25, 0.3) is 11.0 Å². The van der Waals surface area contributed by atoms with Crippen molar-refractivity contribution in [3.05, 3.63) is 91.2 Å². The normalized spacial score (nSPS) is 15.9. The van der Waals surface area contributed by atoms with Crippen LogP contribution in [-0.4, -0.2) is 10.9 Å². The predicted molar refractivity (Wildman–Crippen MR) is 114 cm³/mol. The van der Waals surface area contributed by atoms with E-state index in [9.17, 15) is 9.59 Å². The van der Waals surface area contributed by atoms with Crippen LogP contribution in [0.15, 0.2) is 57.1 Å². The van der Waals surface area contributed by atoms with Crippen LogP contribution in [0.1, 0.15) is 39.0 Å². The monoisotopic (exact) mass is 422 g/mol. The number of carbonyl (C=O) groups is 1. The average molecular weight is 423 g/mol. The van der Waals surface area contributed by atoms with Gasteiger partial charge in [0.15, 0.2) is 10.6 Å². The number of thiazole rings is 1. The van der Waals surface area contributed by atoms with Gasteiger partial charge in [0, 0.05) is 10.4 Å². The third-order valence-electron chi connectivity index (χ3n) is 5.04. The Kier molecular flexibility index (Phi) is 4.08. The van der Waals surface area contributed by atoms with Crippen LogP contribution in [0.4, 0.5) is 5.13 Å². The van der Waals surface area contributed by atoms with Gasteiger partial charge in [-0.05, 0) is 37.6 Å². The molecule has 0 saturated carbocycles. The number of fused-ring (bicyclic) bond motifs is 2. The maximum atomic E-state index is 13.4. The molecule has 2 aromatic carbocycles. The minimum Gasteiger partial charge on any atom is -0.450 e. The van der Waals surface area contributed by atoms with Crippen molar-refractivity contribution < 1.29 is 9.21 Å². The maximum Gasteiger partial charge on any atom is 0.297 e. The molecule has 0 fully saturated rings. The summed E-state index contributed by atoms with van der Waals surface area (Å²) in [4.78, 5) is 32.8. The Labute approximate surface area is 175 Å². The second kappa shape index (κ2) is 6.54. The van der Waals surface area contributed by atoms with Crippen molar-refractivity contribution in [1.82, 2.24) is 4.98 Å². The van der Waals surface area contributed by atoms with Gasteiger partial charge in [0.25, 0.3) is 5.91 Å². The SMILES string of the molecule is Cc1ccc([C@H]2c3c(oc4ccc(Cl)cc4c3=O)C(=O)N2c2nc(C)cs2)cc1. The largest absolute Gasteiger partial charge is 0.450 e. The summed E-state index contributed by atoms with van der Waals surface area (Å²) in [5.74, 6) is -0.308. The fourth-order valence-corrected chi connectivity index (χ4v) is 4.66. The Balaban J connectivity index is 1.83. The van der Waals surface area contributed by atoms with Gasteiger partial charge in [0.1, 0.15) is 5.58 Å². The van der Waals surface area contributed by atoms with E-state index in [4.69, 9.17) is 16.0 Å². The number of rotatable bonds is 2. The zero-order chi connectivity index (χ0) is 20.3. The molecule has 0 bridgehead atoms. The Morgan fingerprint density at radius 1 is 1.10 bits per heavy atom. The molecule has 1 aliphatic rings. The van der Waals surface area contributed by atoms with Gasteiger partial charge in [0.2, 0.25) is 5.76 Å². The van der Waals surface area contributed by atoms with Gasteiger partial charge in [-0.2, -0.15) is 0 Å². The number of aromatic nitrogens is 1. The highest BCUT2D eigenvalue weighted by molar-refractivity contribution is 7.14. The first kappa shape index (κ1) is 18.1. The minimum absolute atomic E-state index is 0.0586. The van der Waals surface area contributed by atoms with Crippen LogP contribution in [0.5, 0.6) is 0 Å². The third-order valence-corrected chi connectivity index (χ3v) is 6.23. The number of amides is 1. The summed E-state index contributed by atoms with van der Waals surface area (Å²) < 4.78 is 5.91. The Hall–Kier alpha value is -2.96. The van der Waals surface area contributed by atoms with E-state index < -0.39 is 6.04 Å². The summed E-state index contributed by atoms with van der Waals surface area (Å²) in [6.45, 7) is 3.86. The van der Waals surface area contributed by atoms with Crippen molar-refractivity contribution in [3.8, 4) is 0 Å². The molecule has 5 nitrogen and oxygen atoms in total. The van der Waals surface area contributed by atoms with Crippen molar-refractivity contribution in [2.45, 2.75) is 19.9 Å². The molecule has 0 saturated heterocycles. The number of anilines is 1. The Bertz CT molecular complexity index is 1340. The molecule has 1 amide bonds. The number of hydrogen-bond acceptors (Lipinski definition) is 5. The lowest BCUT2D eigenvalue weighted by Gasteiger charge is -2.22. The van der Waals surface area contributed by atoms with E-state index in [0.717, 1.165) is 16.8 Å². The molecule has 7 heteroatoms. The fourth-order valence-electron chi connectivity index (χ4n) is 3.66. The average Bonchev–Trinajstić information content (AvgIpc) is 3.25. The lowest BCUT2D eigenvalue weighted by atomic mass is 9.98. The smallest absolute Gasteiger partial charge is 0.297 e. The molecule has 1 atom stereocenters. The summed E-state index contributed by atoms with van der Waals surface area (Å²) in [6.07, 6.45) is 0. The van der Waals surface area contributed by atoms with E-state index in [1.807, 2.05) is 43.5 Å². The first-order valence-electron chi connectivity index (χ1n) is 9.02. The first-order valence-corrected chi connectivity index (χ1v) is 10.3. The summed E-state index contributed by atoms with van der Waals surface area (Å²) in [7, 11) is 0. The Morgan fingerprint density at radius 2 is 1.86 bits per heavy atom. The zero-order valence-electron chi connectivity index (χ0n) is 15.6. The van der Waals surface area contributed by atoms with Crippen LogP contribution < -0.4 is 10.3 Å². The molecule has 0 radical (unpaired) electrons. The van der Waals surface area contributed by atoms with Gasteiger partial charge >= 0.3 is 0 Å². The maximum absolute atomic E-state index is 13.4. The van der Waals surface area contributed by atoms with Gasteiger partial charge in [0.05, 0.1) is 22.7 Å². The molecule has 0 N–H and O–H groups in total. The highest BCUT2D eigenvalue weighted by Gasteiger charge is 2.44. The van der Waals surface area contributed by atoms with E-state index in [1.165, 1.54) is 11.3 Å². The van der Waals surface area contributed by atoms with Gasteiger partial charge in [-0.25, -0.2) is 4.98 Å². The molecule has 0 unspecified atom stereocenters. The molecule has 2 aromatic heterocycles. The first-order chi connectivity index (χ1) is 13.9.